The van der Waals surface area contributed by atoms with Crippen LogP contribution in [0.3, 0.4) is 0 Å². The molecule has 204 valence electrons. The van der Waals surface area contributed by atoms with Crippen LogP contribution in [0.4, 0.5) is 20.4 Å². The molecule has 0 amide bonds. The van der Waals surface area contributed by atoms with E-state index in [-0.39, 0.29) is 25.0 Å². The Morgan fingerprint density at radius 3 is 2.74 bits per heavy atom. The molecule has 2 N–H and O–H groups in total. The summed E-state index contributed by atoms with van der Waals surface area (Å²) < 4.78 is 37.0. The van der Waals surface area contributed by atoms with E-state index in [2.05, 4.69) is 15.4 Å². The fourth-order valence-electron chi connectivity index (χ4n) is 5.02. The minimum absolute atomic E-state index is 0.158. The molecule has 0 fully saturated rings. The summed E-state index contributed by atoms with van der Waals surface area (Å²) >= 11 is 6.52. The Bertz CT molecular complexity index is 1490. The summed E-state index contributed by atoms with van der Waals surface area (Å²) in [6.45, 7) is 0.836. The third kappa shape index (κ3) is 5.30. The number of aryl methyl sites for hydroxylation is 1. The molecule has 0 saturated heterocycles. The van der Waals surface area contributed by atoms with Crippen LogP contribution in [0.1, 0.15) is 22.9 Å². The average Bonchev–Trinajstić information content (AvgIpc) is 3.48. The highest BCUT2D eigenvalue weighted by Crippen LogP contribution is 2.37. The number of ether oxygens (including phenoxy) is 1. The van der Waals surface area contributed by atoms with Crippen molar-refractivity contribution in [2.24, 2.45) is 7.05 Å². The number of benzene rings is 1. The highest BCUT2D eigenvalue weighted by Gasteiger charge is 2.35. The smallest absolute Gasteiger partial charge is 0.185 e. The molecule has 9 nitrogen and oxygen atoms in total. The second-order valence-corrected chi connectivity index (χ2v) is 9.79. The molecule has 0 spiro atoms. The highest BCUT2D eigenvalue weighted by molar-refractivity contribution is 6.33. The van der Waals surface area contributed by atoms with Crippen molar-refractivity contribution in [3.8, 4) is 11.1 Å². The first-order chi connectivity index (χ1) is 18.8. The van der Waals surface area contributed by atoms with Gasteiger partial charge in [0.05, 0.1) is 30.5 Å². The van der Waals surface area contributed by atoms with Gasteiger partial charge in [-0.15, -0.1) is 0 Å². The lowest BCUT2D eigenvalue weighted by atomic mass is 10.0. The largest absolute Gasteiger partial charge is 0.392 e. The van der Waals surface area contributed by atoms with E-state index in [1.54, 1.807) is 26.3 Å². The Labute approximate surface area is 228 Å². The van der Waals surface area contributed by atoms with Crippen LogP contribution < -0.4 is 5.32 Å². The summed E-state index contributed by atoms with van der Waals surface area (Å²) in [5, 5.41) is 17.0. The molecule has 0 saturated carbocycles. The van der Waals surface area contributed by atoms with Gasteiger partial charge in [0.25, 0.3) is 0 Å². The Morgan fingerprint density at radius 1 is 1.23 bits per heavy atom. The van der Waals surface area contributed by atoms with E-state index in [1.165, 1.54) is 23.0 Å². The molecule has 4 aromatic rings. The van der Waals surface area contributed by atoms with E-state index >= 15 is 0 Å². The van der Waals surface area contributed by atoms with E-state index in [4.69, 9.17) is 16.3 Å². The van der Waals surface area contributed by atoms with Gasteiger partial charge in [-0.1, -0.05) is 17.7 Å². The van der Waals surface area contributed by atoms with E-state index in [0.717, 1.165) is 23.7 Å². The Hall–Kier alpha value is -3.64. The van der Waals surface area contributed by atoms with Crippen LogP contribution in [0, 0.1) is 11.6 Å². The molecular weight excluding hydrogens is 530 g/mol. The number of pyridine rings is 1. The maximum atomic E-state index is 14.1. The maximum absolute atomic E-state index is 14.1. The van der Waals surface area contributed by atoms with E-state index < -0.39 is 17.7 Å². The van der Waals surface area contributed by atoms with Gasteiger partial charge in [-0.3, -0.25) is 4.90 Å². The Morgan fingerprint density at radius 2 is 2.05 bits per heavy atom. The Balaban J connectivity index is 1.51. The number of aliphatic hydroxyl groups is 1. The van der Waals surface area contributed by atoms with Gasteiger partial charge in [0.1, 0.15) is 24.0 Å². The second kappa shape index (κ2) is 11.2. The van der Waals surface area contributed by atoms with Gasteiger partial charge >= 0.3 is 0 Å². The van der Waals surface area contributed by atoms with Gasteiger partial charge in [0.2, 0.25) is 0 Å². The second-order valence-electron chi connectivity index (χ2n) is 9.38. The normalized spacial score (nSPS) is 17.3. The molecule has 0 radical (unpaired) electrons. The molecule has 1 unspecified atom stereocenters. The number of carbonyl (C=O) groups is 1. The van der Waals surface area contributed by atoms with E-state index in [9.17, 15) is 18.7 Å². The number of carbonyl (C=O) groups excluding carboxylic acids is 1. The van der Waals surface area contributed by atoms with Crippen LogP contribution >= 0.6 is 11.6 Å². The Kier molecular flexibility index (Phi) is 7.76. The number of halogens is 3. The number of hydrogen-bond acceptors (Lipinski definition) is 7. The molecule has 0 aliphatic carbocycles. The summed E-state index contributed by atoms with van der Waals surface area (Å²) in [4.78, 5) is 18.7. The molecule has 39 heavy (non-hydrogen) atoms. The van der Waals surface area contributed by atoms with E-state index in [0.29, 0.717) is 40.7 Å². The molecule has 3 aromatic heterocycles. The lowest BCUT2D eigenvalue weighted by molar-refractivity contribution is -0.115. The molecule has 0 bridgehead atoms. The summed E-state index contributed by atoms with van der Waals surface area (Å²) in [7, 11) is 3.20. The van der Waals surface area contributed by atoms with Crippen molar-refractivity contribution in [2.45, 2.75) is 31.8 Å². The minimum Gasteiger partial charge on any atom is -0.392 e. The molecule has 2 atom stereocenters. The van der Waals surface area contributed by atoms with Gasteiger partial charge in [-0.25, -0.2) is 18.4 Å². The lowest BCUT2D eigenvalue weighted by Crippen LogP contribution is -2.48. The third-order valence-corrected chi connectivity index (χ3v) is 7.25. The number of anilines is 2. The zero-order valence-corrected chi connectivity index (χ0v) is 22.1. The van der Waals surface area contributed by atoms with Crippen molar-refractivity contribution in [1.29, 1.82) is 0 Å². The first-order valence-electron chi connectivity index (χ1n) is 12.2. The van der Waals surface area contributed by atoms with Crippen molar-refractivity contribution in [3.05, 3.63) is 82.4 Å². The van der Waals surface area contributed by atoms with Crippen molar-refractivity contribution >= 4 is 29.5 Å². The highest BCUT2D eigenvalue weighted by atomic mass is 35.5. The lowest BCUT2D eigenvalue weighted by Gasteiger charge is -2.40. The minimum atomic E-state index is -0.663. The zero-order valence-electron chi connectivity index (χ0n) is 21.3. The molecule has 1 aliphatic heterocycles. The number of rotatable bonds is 9. The molecule has 1 aromatic carbocycles. The van der Waals surface area contributed by atoms with Gasteiger partial charge in [0, 0.05) is 56.5 Å². The number of nitrogens with one attached hydrogen (secondary N) is 1. The topological polar surface area (TPSA) is 97.4 Å². The standard InChI is InChI=1S/C27H27ClF2N6O3/c1-34-27(23(30)9-32-34)33-26-7-21(22(28)8-31-26)18-6-24-25(14-38)36(20(15-39-2)12-35(24)10-18)11-17-5-19(29)4-3-16(17)13-37/h3-10,14,20,25,37H,11-13,15H2,1-2H3,(H,31,33)/t20-,25?/m1/s1. The predicted octanol–water partition coefficient (Wildman–Crippen LogP) is 4.22. The SMILES string of the molecule is COC[C@H]1Cn2cc(-c3cc(Nc4c(F)cnn4C)ncc3Cl)cc2C(C=O)N1Cc1cc(F)ccc1CO. The molecular formula is C27H27ClF2N6O3. The van der Waals surface area contributed by atoms with Crippen LogP contribution in [0.5, 0.6) is 0 Å². The van der Waals surface area contributed by atoms with Gasteiger partial charge in [0.15, 0.2) is 11.6 Å². The molecule has 5 rings (SSSR count). The van der Waals surface area contributed by atoms with Crippen molar-refractivity contribution < 1.29 is 23.4 Å². The first-order valence-corrected chi connectivity index (χ1v) is 12.6. The number of nitrogens with zero attached hydrogens (tertiary/aromatic N) is 5. The van der Waals surface area contributed by atoms with Crippen LogP contribution in [0.2, 0.25) is 5.02 Å². The van der Waals surface area contributed by atoms with Crippen LogP contribution in [-0.2, 0) is 36.3 Å². The number of methoxy groups -OCH3 is 1. The molecule has 4 heterocycles. The monoisotopic (exact) mass is 556 g/mol. The summed E-state index contributed by atoms with van der Waals surface area (Å²) in [6, 6.07) is 6.95. The van der Waals surface area contributed by atoms with Crippen LogP contribution in [0.15, 0.2) is 48.9 Å². The van der Waals surface area contributed by atoms with E-state index in [1.807, 2.05) is 21.7 Å². The molecule has 1 aliphatic rings. The summed E-state index contributed by atoms with van der Waals surface area (Å²) in [6.07, 6.45) is 5.34. The summed E-state index contributed by atoms with van der Waals surface area (Å²) in [5.74, 6) is -0.408. The number of hydrogen-bond donors (Lipinski definition) is 2. The zero-order chi connectivity index (χ0) is 27.7. The van der Waals surface area contributed by atoms with Crippen molar-refractivity contribution in [1.82, 2.24) is 24.2 Å². The third-order valence-electron chi connectivity index (χ3n) is 6.95. The predicted molar refractivity (Wildman–Crippen MR) is 141 cm³/mol. The van der Waals surface area contributed by atoms with Gasteiger partial charge in [-0.05, 0) is 35.4 Å². The number of fused-ring (bicyclic) bond motifs is 1. The average molecular weight is 557 g/mol. The van der Waals surface area contributed by atoms with Crippen LogP contribution in [-0.4, -0.2) is 55.4 Å². The fraction of sp³-hybridized carbons (Fsp3) is 0.296. The summed E-state index contributed by atoms with van der Waals surface area (Å²) in [5.41, 5.74) is 3.31. The number of aldehydes is 1. The first kappa shape index (κ1) is 26.9. The van der Waals surface area contributed by atoms with Crippen molar-refractivity contribution in [2.75, 3.05) is 19.0 Å². The van der Waals surface area contributed by atoms with Crippen molar-refractivity contribution in [3.63, 3.8) is 0 Å². The fourth-order valence-corrected chi connectivity index (χ4v) is 5.23. The number of aromatic nitrogens is 4. The van der Waals surface area contributed by atoms with Crippen LogP contribution in [0.25, 0.3) is 11.1 Å². The van der Waals surface area contributed by atoms with Gasteiger partial charge < -0.3 is 24.5 Å². The molecule has 12 heteroatoms. The quantitative estimate of drug-likeness (QED) is 0.298. The number of aliphatic hydroxyl groups excluding tert-OH is 1. The maximum Gasteiger partial charge on any atom is 0.185 e. The van der Waals surface area contributed by atoms with Gasteiger partial charge in [-0.2, -0.15) is 5.10 Å².